The van der Waals surface area contributed by atoms with Gasteiger partial charge in [0.15, 0.2) is 0 Å². The minimum Gasteiger partial charge on any atom is -0.339 e. The summed E-state index contributed by atoms with van der Waals surface area (Å²) >= 11 is 0. The number of aryl methyl sites for hydroxylation is 1. The second kappa shape index (κ2) is 6.51. The number of rotatable bonds is 3. The van der Waals surface area contributed by atoms with Crippen LogP contribution in [0.2, 0.25) is 0 Å². The maximum atomic E-state index is 12.7. The van der Waals surface area contributed by atoms with Crippen LogP contribution >= 0.6 is 0 Å². The van der Waals surface area contributed by atoms with E-state index in [1.165, 1.54) is 0 Å². The summed E-state index contributed by atoms with van der Waals surface area (Å²) in [6.45, 7) is 0. The molecule has 29 heavy (non-hydrogen) atoms. The molecule has 2 aromatic heterocycles. The molecule has 2 heterocycles. The molecule has 1 saturated carbocycles. The van der Waals surface area contributed by atoms with Crippen LogP contribution in [0.3, 0.4) is 0 Å². The lowest BCUT2D eigenvalue weighted by Gasteiger charge is -2.16. The molecule has 1 aliphatic carbocycles. The van der Waals surface area contributed by atoms with E-state index in [4.69, 9.17) is 4.98 Å². The number of hydrogen-bond acceptors (Lipinski definition) is 4. The molecule has 6 heteroatoms. The van der Waals surface area contributed by atoms with Gasteiger partial charge in [0, 0.05) is 42.8 Å². The van der Waals surface area contributed by atoms with Gasteiger partial charge in [-0.3, -0.25) is 14.6 Å². The molecule has 0 radical (unpaired) electrons. The summed E-state index contributed by atoms with van der Waals surface area (Å²) in [5.74, 6) is 0.0168. The van der Waals surface area contributed by atoms with E-state index >= 15 is 0 Å². The van der Waals surface area contributed by atoms with Crippen molar-refractivity contribution in [2.45, 2.75) is 18.9 Å². The van der Waals surface area contributed by atoms with Crippen molar-refractivity contribution < 1.29 is 4.79 Å². The third kappa shape index (κ3) is 3.06. The Bertz CT molecular complexity index is 1340. The largest absolute Gasteiger partial charge is 0.339 e. The molecule has 144 valence electrons. The van der Waals surface area contributed by atoms with Crippen molar-refractivity contribution in [2.24, 2.45) is 7.05 Å². The minimum absolute atomic E-state index is 0.0168. The van der Waals surface area contributed by atoms with Crippen LogP contribution in [-0.4, -0.2) is 38.4 Å². The number of nitrogens with zero attached hydrogens (tertiary/aromatic N) is 4. The second-order valence-electron chi connectivity index (χ2n) is 7.64. The highest BCUT2D eigenvalue weighted by Crippen LogP contribution is 2.28. The Balaban J connectivity index is 1.56. The lowest BCUT2D eigenvalue weighted by atomic mass is 10.1. The molecule has 0 bridgehead atoms. The highest BCUT2D eigenvalue weighted by molar-refractivity contribution is 5.97. The van der Waals surface area contributed by atoms with E-state index < -0.39 is 0 Å². The van der Waals surface area contributed by atoms with Crippen LogP contribution in [0.15, 0.2) is 59.7 Å². The first kappa shape index (κ1) is 17.6. The fourth-order valence-electron chi connectivity index (χ4n) is 3.62. The molecule has 5 rings (SSSR count). The van der Waals surface area contributed by atoms with Crippen LogP contribution in [0, 0.1) is 0 Å². The predicted molar refractivity (Wildman–Crippen MR) is 113 cm³/mol. The first-order chi connectivity index (χ1) is 14.0. The molecule has 0 aliphatic heterocycles. The minimum atomic E-state index is -0.0263. The van der Waals surface area contributed by atoms with Crippen molar-refractivity contribution in [3.8, 4) is 11.3 Å². The Hall–Kier alpha value is -3.54. The van der Waals surface area contributed by atoms with E-state index in [1.807, 2.05) is 54.4 Å². The van der Waals surface area contributed by atoms with Crippen LogP contribution in [0.25, 0.3) is 33.1 Å². The molecule has 6 nitrogen and oxygen atoms in total. The monoisotopic (exact) mass is 384 g/mol. The van der Waals surface area contributed by atoms with Crippen molar-refractivity contribution in [3.05, 3.63) is 70.8 Å². The van der Waals surface area contributed by atoms with Gasteiger partial charge in [0.05, 0.1) is 22.9 Å². The number of carbonyl (C=O) groups is 1. The second-order valence-corrected chi connectivity index (χ2v) is 7.64. The first-order valence-corrected chi connectivity index (χ1v) is 9.65. The molecule has 4 aromatic rings. The summed E-state index contributed by atoms with van der Waals surface area (Å²) in [7, 11) is 3.59. The Labute approximate surface area is 167 Å². The number of carbonyl (C=O) groups excluding carboxylic acids is 1. The predicted octanol–water partition coefficient (Wildman–Crippen LogP) is 3.38. The number of aromatic nitrogens is 3. The summed E-state index contributed by atoms with van der Waals surface area (Å²) < 4.78 is 1.56. The van der Waals surface area contributed by atoms with E-state index in [2.05, 4.69) is 4.98 Å². The maximum absolute atomic E-state index is 12.7. The zero-order chi connectivity index (χ0) is 20.1. The molecule has 1 amide bonds. The Morgan fingerprint density at radius 2 is 1.93 bits per heavy atom. The Morgan fingerprint density at radius 3 is 2.72 bits per heavy atom. The fourth-order valence-corrected chi connectivity index (χ4v) is 3.62. The lowest BCUT2D eigenvalue weighted by Crippen LogP contribution is -2.28. The molecule has 0 spiro atoms. The van der Waals surface area contributed by atoms with Crippen molar-refractivity contribution in [3.63, 3.8) is 0 Å². The van der Waals surface area contributed by atoms with Gasteiger partial charge in [0.1, 0.15) is 0 Å². The van der Waals surface area contributed by atoms with Gasteiger partial charge in [-0.15, -0.1) is 0 Å². The highest BCUT2D eigenvalue weighted by atomic mass is 16.2. The smallest absolute Gasteiger partial charge is 0.258 e. The average Bonchev–Trinajstić information content (AvgIpc) is 3.60. The van der Waals surface area contributed by atoms with Crippen LogP contribution in [0.5, 0.6) is 0 Å². The van der Waals surface area contributed by atoms with E-state index in [1.54, 1.807) is 24.0 Å². The molecule has 0 N–H and O–H groups in total. The Kier molecular flexibility index (Phi) is 3.94. The van der Waals surface area contributed by atoms with E-state index in [-0.39, 0.29) is 11.5 Å². The lowest BCUT2D eigenvalue weighted by molar-refractivity contribution is 0.0785. The van der Waals surface area contributed by atoms with Crippen molar-refractivity contribution >= 4 is 27.7 Å². The van der Waals surface area contributed by atoms with Gasteiger partial charge in [0.25, 0.3) is 11.5 Å². The first-order valence-electron chi connectivity index (χ1n) is 9.65. The Morgan fingerprint density at radius 1 is 1.10 bits per heavy atom. The summed E-state index contributed by atoms with van der Waals surface area (Å²) in [5, 5.41) is 1.53. The zero-order valence-corrected chi connectivity index (χ0v) is 16.3. The number of amides is 1. The van der Waals surface area contributed by atoms with Gasteiger partial charge in [-0.05, 0) is 54.6 Å². The molecular formula is C23H20N4O2. The molecule has 1 fully saturated rings. The third-order valence-electron chi connectivity index (χ3n) is 5.58. The van der Waals surface area contributed by atoms with Crippen LogP contribution in [-0.2, 0) is 7.05 Å². The molecular weight excluding hydrogens is 364 g/mol. The van der Waals surface area contributed by atoms with Crippen LogP contribution in [0.4, 0.5) is 0 Å². The SMILES string of the molecule is CN(C(=O)c1ccc2ncc(-c3ccc4c(=O)n(C)ccc4c3)nc2c1)C1CC1. The van der Waals surface area contributed by atoms with Gasteiger partial charge in [-0.1, -0.05) is 6.07 Å². The van der Waals surface area contributed by atoms with E-state index in [0.29, 0.717) is 28.2 Å². The normalized spacial score (nSPS) is 13.7. The van der Waals surface area contributed by atoms with Gasteiger partial charge < -0.3 is 9.47 Å². The number of hydrogen-bond donors (Lipinski definition) is 0. The van der Waals surface area contributed by atoms with Gasteiger partial charge in [-0.2, -0.15) is 0 Å². The number of fused-ring (bicyclic) bond motifs is 2. The zero-order valence-electron chi connectivity index (χ0n) is 16.3. The van der Waals surface area contributed by atoms with Crippen molar-refractivity contribution in [1.82, 2.24) is 19.4 Å². The third-order valence-corrected chi connectivity index (χ3v) is 5.58. The quantitative estimate of drug-likeness (QED) is 0.543. The van der Waals surface area contributed by atoms with Crippen LogP contribution in [0.1, 0.15) is 23.2 Å². The molecule has 0 saturated heterocycles. The summed E-state index contributed by atoms with van der Waals surface area (Å²) in [6.07, 6.45) is 5.63. The standard InChI is InChI=1S/C23H20N4O2/c1-26-10-9-14-11-15(3-7-18(14)23(26)29)21-13-24-19-8-4-16(12-20(19)25-21)22(28)27(2)17-5-6-17/h3-4,7-13,17H,5-6H2,1-2H3. The average molecular weight is 384 g/mol. The summed E-state index contributed by atoms with van der Waals surface area (Å²) in [5.41, 5.74) is 3.62. The highest BCUT2D eigenvalue weighted by Gasteiger charge is 2.30. The van der Waals surface area contributed by atoms with Gasteiger partial charge in [0.2, 0.25) is 0 Å². The van der Waals surface area contributed by atoms with Crippen LogP contribution < -0.4 is 5.56 Å². The molecule has 0 atom stereocenters. The molecule has 1 aliphatic rings. The molecule has 2 aromatic carbocycles. The van der Waals surface area contributed by atoms with Gasteiger partial charge >= 0.3 is 0 Å². The maximum Gasteiger partial charge on any atom is 0.258 e. The summed E-state index contributed by atoms with van der Waals surface area (Å²) in [4.78, 5) is 36.0. The van der Waals surface area contributed by atoms with Gasteiger partial charge in [-0.25, -0.2) is 4.98 Å². The van der Waals surface area contributed by atoms with Crippen molar-refractivity contribution in [1.29, 1.82) is 0 Å². The summed E-state index contributed by atoms with van der Waals surface area (Å²) in [6, 6.07) is 13.4. The fraction of sp³-hybridized carbons (Fsp3) is 0.217. The topological polar surface area (TPSA) is 68.1 Å². The molecule has 0 unspecified atom stereocenters. The van der Waals surface area contributed by atoms with E-state index in [9.17, 15) is 9.59 Å². The number of benzene rings is 2. The number of pyridine rings is 1. The van der Waals surface area contributed by atoms with E-state index in [0.717, 1.165) is 29.3 Å². The van der Waals surface area contributed by atoms with Crippen molar-refractivity contribution in [2.75, 3.05) is 7.05 Å².